The Bertz CT molecular complexity index is 886. The lowest BCUT2D eigenvalue weighted by atomic mass is 10.1. The van der Waals surface area contributed by atoms with Crippen LogP contribution >= 0.6 is 22.9 Å². The lowest BCUT2D eigenvalue weighted by molar-refractivity contribution is -0.111. The van der Waals surface area contributed by atoms with Crippen LogP contribution in [0.1, 0.15) is 18.1 Å². The maximum atomic E-state index is 12.1. The van der Waals surface area contributed by atoms with E-state index in [1.165, 1.54) is 23.0 Å². The van der Waals surface area contributed by atoms with Crippen LogP contribution in [0.4, 0.5) is 5.13 Å². The van der Waals surface area contributed by atoms with E-state index in [1.54, 1.807) is 12.1 Å². The normalized spacial score (nSPS) is 11.2. The Labute approximate surface area is 143 Å². The summed E-state index contributed by atoms with van der Waals surface area (Å²) in [5.74, 6) is -0.220. The van der Waals surface area contributed by atoms with Crippen molar-refractivity contribution in [2.45, 2.75) is 13.3 Å². The molecule has 2 aromatic carbocycles. The van der Waals surface area contributed by atoms with Crippen LogP contribution in [0.15, 0.2) is 48.5 Å². The number of aromatic nitrogens is 1. The van der Waals surface area contributed by atoms with E-state index < -0.39 is 0 Å². The minimum atomic E-state index is -0.220. The molecule has 0 aliphatic rings. The second-order valence-electron chi connectivity index (χ2n) is 4.98. The number of fused-ring (bicyclic) bond motifs is 1. The van der Waals surface area contributed by atoms with Crippen LogP contribution in [-0.4, -0.2) is 10.9 Å². The van der Waals surface area contributed by atoms with E-state index in [-0.39, 0.29) is 5.91 Å². The highest BCUT2D eigenvalue weighted by molar-refractivity contribution is 7.22. The van der Waals surface area contributed by atoms with Gasteiger partial charge in [-0.1, -0.05) is 60.2 Å². The molecule has 3 nitrogen and oxygen atoms in total. The summed E-state index contributed by atoms with van der Waals surface area (Å²) in [6.45, 7) is 2.10. The predicted octanol–water partition coefficient (Wildman–Crippen LogP) is 5.16. The Morgan fingerprint density at radius 3 is 2.87 bits per heavy atom. The van der Waals surface area contributed by atoms with Crippen LogP contribution in [-0.2, 0) is 11.2 Å². The van der Waals surface area contributed by atoms with Crippen LogP contribution in [0.3, 0.4) is 0 Å². The van der Waals surface area contributed by atoms with Crippen LogP contribution in [0, 0.1) is 0 Å². The Balaban J connectivity index is 1.77. The largest absolute Gasteiger partial charge is 0.298 e. The number of thiazole rings is 1. The molecule has 3 rings (SSSR count). The second-order valence-corrected chi connectivity index (χ2v) is 6.42. The zero-order valence-corrected chi connectivity index (χ0v) is 14.1. The van der Waals surface area contributed by atoms with Gasteiger partial charge in [-0.3, -0.25) is 10.1 Å². The van der Waals surface area contributed by atoms with Gasteiger partial charge in [-0.25, -0.2) is 4.98 Å². The molecule has 0 saturated carbocycles. The summed E-state index contributed by atoms with van der Waals surface area (Å²) in [5, 5.41) is 4.03. The number of para-hydroxylation sites is 1. The third kappa shape index (κ3) is 3.60. The molecule has 0 radical (unpaired) electrons. The predicted molar refractivity (Wildman–Crippen MR) is 98.1 cm³/mol. The SMILES string of the molecule is CCc1cccc2sc(NC(=O)/C=C\c3ccccc3Cl)nc12. The maximum Gasteiger partial charge on any atom is 0.250 e. The number of halogens is 1. The van der Waals surface area contributed by atoms with Crippen molar-refractivity contribution in [3.8, 4) is 0 Å². The van der Waals surface area contributed by atoms with Crippen LogP contribution < -0.4 is 5.32 Å². The highest BCUT2D eigenvalue weighted by Crippen LogP contribution is 2.28. The summed E-state index contributed by atoms with van der Waals surface area (Å²) >= 11 is 7.54. The van der Waals surface area contributed by atoms with Gasteiger partial charge in [0.1, 0.15) is 0 Å². The maximum absolute atomic E-state index is 12.1. The molecule has 0 bridgehead atoms. The van der Waals surface area contributed by atoms with Crippen LogP contribution in [0.2, 0.25) is 5.02 Å². The summed E-state index contributed by atoms with van der Waals surface area (Å²) in [4.78, 5) is 16.6. The highest BCUT2D eigenvalue weighted by atomic mass is 35.5. The van der Waals surface area contributed by atoms with Crippen molar-refractivity contribution in [2.24, 2.45) is 0 Å². The van der Waals surface area contributed by atoms with E-state index >= 15 is 0 Å². The van der Waals surface area contributed by atoms with Crippen molar-refractivity contribution in [3.63, 3.8) is 0 Å². The number of nitrogens with zero attached hydrogens (tertiary/aromatic N) is 1. The first-order valence-electron chi connectivity index (χ1n) is 7.29. The van der Waals surface area contributed by atoms with Gasteiger partial charge in [0.15, 0.2) is 5.13 Å². The molecule has 0 spiro atoms. The molecule has 0 aliphatic heterocycles. The summed E-state index contributed by atoms with van der Waals surface area (Å²) in [5.41, 5.74) is 2.96. The van der Waals surface area contributed by atoms with E-state index in [2.05, 4.69) is 23.3 Å². The fourth-order valence-corrected chi connectivity index (χ4v) is 3.38. The number of benzene rings is 2. The zero-order valence-electron chi connectivity index (χ0n) is 12.5. The number of aryl methyl sites for hydroxylation is 1. The molecular formula is C18H15ClN2OS. The first-order chi connectivity index (χ1) is 11.2. The number of carbonyl (C=O) groups is 1. The van der Waals surface area contributed by atoms with Crippen molar-refractivity contribution in [1.82, 2.24) is 4.98 Å². The first-order valence-corrected chi connectivity index (χ1v) is 8.49. The Hall–Kier alpha value is -2.17. The molecule has 0 saturated heterocycles. The van der Waals surface area contributed by atoms with Crippen LogP contribution in [0.25, 0.3) is 16.3 Å². The monoisotopic (exact) mass is 342 g/mol. The summed E-state index contributed by atoms with van der Waals surface area (Å²) in [7, 11) is 0. The van der Waals surface area contributed by atoms with E-state index in [4.69, 9.17) is 11.6 Å². The molecule has 0 atom stereocenters. The molecule has 1 heterocycles. The van der Waals surface area contributed by atoms with Gasteiger partial charge in [0, 0.05) is 11.1 Å². The molecular weight excluding hydrogens is 328 g/mol. The molecule has 3 aromatic rings. The number of hydrogen-bond acceptors (Lipinski definition) is 3. The number of rotatable bonds is 4. The smallest absolute Gasteiger partial charge is 0.250 e. The molecule has 0 fully saturated rings. The number of amides is 1. The number of carbonyl (C=O) groups excluding carboxylic acids is 1. The fourth-order valence-electron chi connectivity index (χ4n) is 2.27. The molecule has 1 aromatic heterocycles. The van der Waals surface area contributed by atoms with Gasteiger partial charge in [0.25, 0.3) is 0 Å². The lowest BCUT2D eigenvalue weighted by Gasteiger charge is -1.98. The van der Waals surface area contributed by atoms with Crippen molar-refractivity contribution in [1.29, 1.82) is 0 Å². The van der Waals surface area contributed by atoms with Crippen molar-refractivity contribution >= 4 is 50.3 Å². The standard InChI is InChI=1S/C18H15ClN2OS/c1-2-12-7-5-9-15-17(12)21-18(23-15)20-16(22)11-10-13-6-3-4-8-14(13)19/h3-11H,2H2,1H3,(H,20,21,22)/b11-10-. The third-order valence-electron chi connectivity index (χ3n) is 3.43. The molecule has 116 valence electrons. The van der Waals surface area contributed by atoms with Crippen molar-refractivity contribution in [3.05, 3.63) is 64.7 Å². The van der Waals surface area contributed by atoms with Crippen molar-refractivity contribution in [2.75, 3.05) is 5.32 Å². The highest BCUT2D eigenvalue weighted by Gasteiger charge is 2.08. The van der Waals surface area contributed by atoms with E-state index in [9.17, 15) is 4.79 Å². The zero-order chi connectivity index (χ0) is 16.2. The van der Waals surface area contributed by atoms with Gasteiger partial charge in [-0.05, 0) is 35.8 Å². The average Bonchev–Trinajstić information content (AvgIpc) is 2.96. The number of hydrogen-bond donors (Lipinski definition) is 1. The van der Waals surface area contributed by atoms with Gasteiger partial charge in [0.2, 0.25) is 5.91 Å². The van der Waals surface area contributed by atoms with Crippen molar-refractivity contribution < 1.29 is 4.79 Å². The molecule has 1 amide bonds. The number of nitrogens with one attached hydrogen (secondary N) is 1. The molecule has 0 aliphatic carbocycles. The Morgan fingerprint density at radius 1 is 1.26 bits per heavy atom. The van der Waals surface area contributed by atoms with Gasteiger partial charge in [-0.15, -0.1) is 0 Å². The Kier molecular flexibility index (Phi) is 4.74. The Morgan fingerprint density at radius 2 is 2.09 bits per heavy atom. The quantitative estimate of drug-likeness (QED) is 0.665. The van der Waals surface area contributed by atoms with Crippen LogP contribution in [0.5, 0.6) is 0 Å². The number of anilines is 1. The minimum absolute atomic E-state index is 0.220. The van der Waals surface area contributed by atoms with Gasteiger partial charge in [0.05, 0.1) is 10.2 Å². The first kappa shape index (κ1) is 15.7. The molecule has 5 heteroatoms. The fraction of sp³-hybridized carbons (Fsp3) is 0.111. The average molecular weight is 343 g/mol. The van der Waals surface area contributed by atoms with Gasteiger partial charge < -0.3 is 0 Å². The molecule has 0 unspecified atom stereocenters. The second kappa shape index (κ2) is 6.94. The summed E-state index contributed by atoms with van der Waals surface area (Å²) in [6, 6.07) is 13.5. The topological polar surface area (TPSA) is 42.0 Å². The molecule has 23 heavy (non-hydrogen) atoms. The van der Waals surface area contributed by atoms with Gasteiger partial charge in [-0.2, -0.15) is 0 Å². The van der Waals surface area contributed by atoms with E-state index in [1.807, 2.05) is 30.3 Å². The minimum Gasteiger partial charge on any atom is -0.298 e. The summed E-state index contributed by atoms with van der Waals surface area (Å²) < 4.78 is 1.08. The lowest BCUT2D eigenvalue weighted by Crippen LogP contribution is -2.07. The third-order valence-corrected chi connectivity index (χ3v) is 4.71. The van der Waals surface area contributed by atoms with E-state index in [0.29, 0.717) is 10.2 Å². The molecule has 1 N–H and O–H groups in total. The van der Waals surface area contributed by atoms with E-state index in [0.717, 1.165) is 22.2 Å². The van der Waals surface area contributed by atoms with Gasteiger partial charge >= 0.3 is 0 Å². The summed E-state index contributed by atoms with van der Waals surface area (Å²) in [6.07, 6.45) is 4.08.